The van der Waals surface area contributed by atoms with E-state index in [-0.39, 0.29) is 66.3 Å². The van der Waals surface area contributed by atoms with Gasteiger partial charge in [0.05, 0.1) is 57.2 Å². The molecule has 3 N–H and O–H groups in total. The summed E-state index contributed by atoms with van der Waals surface area (Å²) >= 11 is 1.34. The minimum Gasteiger partial charge on any atom is -0.491 e. The van der Waals surface area contributed by atoms with Gasteiger partial charge in [0.2, 0.25) is 23.5 Å². The highest BCUT2D eigenvalue weighted by molar-refractivity contribution is 7.10. The molecule has 1 aliphatic carbocycles. The zero-order chi connectivity index (χ0) is 60.4. The molecule has 3 atom stereocenters. The zero-order valence-electron chi connectivity index (χ0n) is 48.4. The summed E-state index contributed by atoms with van der Waals surface area (Å²) in [6, 6.07) is 16.8. The number of pyridine rings is 1. The van der Waals surface area contributed by atoms with Gasteiger partial charge in [-0.15, -0.1) is 11.3 Å². The number of aromatic nitrogens is 4. The van der Waals surface area contributed by atoms with Crippen molar-refractivity contribution in [3.63, 3.8) is 0 Å². The molecule has 1 saturated carbocycles. The van der Waals surface area contributed by atoms with Crippen molar-refractivity contribution in [3.05, 3.63) is 130 Å². The van der Waals surface area contributed by atoms with Crippen LogP contribution in [0.25, 0.3) is 11.1 Å². The van der Waals surface area contributed by atoms with Gasteiger partial charge in [0.1, 0.15) is 46.5 Å². The number of thiazole rings is 1. The van der Waals surface area contributed by atoms with E-state index in [1.54, 1.807) is 102 Å². The number of hydrogen-bond acceptors (Lipinski definition) is 15. The van der Waals surface area contributed by atoms with E-state index < -0.39 is 41.4 Å². The SMILES string of the molecule is C[C@@H](C(=O)N[C@H](C(=O)N1CCC[C@H]1c1nc(C(=O)c2cccc(OCCOCCOCCn3cc(-c4cnc(N)c(Oc5ccc6c(c5)CCN6C(=O)Cc5cccc(C(F)(F)F)c5)c4)cn3)c2)cs1)C1CCCCC1)N(C)C(=O)OC(C)(C)C. The number of nitrogens with two attached hydrogens (primary N) is 1. The van der Waals surface area contributed by atoms with Crippen molar-refractivity contribution in [2.24, 2.45) is 5.92 Å². The summed E-state index contributed by atoms with van der Waals surface area (Å²) in [6.07, 6.45) is 6.47. The summed E-state index contributed by atoms with van der Waals surface area (Å²) in [5.74, 6) is 0.248. The Labute approximate surface area is 495 Å². The number of likely N-dealkylation sites (N-methyl/N-ethyl adjacent to an activating group) is 1. The molecule has 5 heterocycles. The third-order valence-electron chi connectivity index (χ3n) is 15.3. The number of fused-ring (bicyclic) bond motifs is 1. The van der Waals surface area contributed by atoms with E-state index in [1.165, 1.54) is 35.4 Å². The van der Waals surface area contributed by atoms with Crippen molar-refractivity contribution < 1.29 is 60.8 Å². The molecular weight excluding hydrogens is 1120 g/mol. The second-order valence-electron chi connectivity index (χ2n) is 22.5. The molecule has 0 bridgehead atoms. The Morgan fingerprint density at radius 1 is 0.847 bits per heavy atom. The molecule has 9 rings (SSSR count). The maximum Gasteiger partial charge on any atom is 0.416 e. The summed E-state index contributed by atoms with van der Waals surface area (Å²) in [5.41, 5.74) is 8.68. The number of nitrogens with zero attached hydrogens (tertiary/aromatic N) is 7. The standard InChI is InChI=1S/C62H72F3N9O10S/c1-39(71(5)60(79)84-61(2,3)4)57(77)70-54(41-13-7-6-8-14-41)59(78)74-22-11-18-51(74)58-69-49(38-85-58)55(76)43-15-10-17-47(33-43)82-29-28-81-27-26-80-25-24-72-37-45(36-68-72)44-34-52(56(66)67-35-44)83-48-19-20-50-42(32-48)21-23-73(50)53(75)31-40-12-9-16-46(30-40)62(63,64)65/h9-10,12,15-17,19-20,30,32-39,41,51,54H,6-8,11,13-14,18,21-29,31H2,1-5H3,(H2,66,67)(H,70,77)/t39-,51-,54-/m0/s1. The Balaban J connectivity index is 0.691. The smallest absolute Gasteiger partial charge is 0.416 e. The number of amides is 4. The Kier molecular flexibility index (Phi) is 19.9. The first kappa shape index (κ1) is 61.7. The molecule has 2 aliphatic heterocycles. The summed E-state index contributed by atoms with van der Waals surface area (Å²) in [6.45, 7) is 9.82. The van der Waals surface area contributed by atoms with Gasteiger partial charge in [0.25, 0.3) is 0 Å². The summed E-state index contributed by atoms with van der Waals surface area (Å²) < 4.78 is 70.7. The van der Waals surface area contributed by atoms with Gasteiger partial charge in [0.15, 0.2) is 11.6 Å². The minimum atomic E-state index is -4.50. The average molecular weight is 1190 g/mol. The predicted molar refractivity (Wildman–Crippen MR) is 312 cm³/mol. The van der Waals surface area contributed by atoms with E-state index in [9.17, 15) is 37.1 Å². The number of ether oxygens (including phenoxy) is 5. The van der Waals surface area contributed by atoms with E-state index >= 15 is 0 Å². The van der Waals surface area contributed by atoms with Gasteiger partial charge >= 0.3 is 12.3 Å². The van der Waals surface area contributed by atoms with E-state index in [2.05, 4.69) is 15.4 Å². The number of nitrogen functional groups attached to an aromatic ring is 1. The molecule has 1 saturated heterocycles. The molecule has 6 aromatic rings. The predicted octanol–water partition coefficient (Wildman–Crippen LogP) is 10.3. The van der Waals surface area contributed by atoms with Gasteiger partial charge in [-0.25, -0.2) is 14.8 Å². The van der Waals surface area contributed by atoms with E-state index in [1.807, 2.05) is 12.3 Å². The number of carbonyl (C=O) groups is 5. The summed E-state index contributed by atoms with van der Waals surface area (Å²) in [4.78, 5) is 81.8. The Morgan fingerprint density at radius 2 is 1.61 bits per heavy atom. The molecule has 452 valence electrons. The molecule has 3 aliphatic rings. The fourth-order valence-electron chi connectivity index (χ4n) is 10.7. The van der Waals surface area contributed by atoms with Gasteiger partial charge < -0.3 is 44.5 Å². The number of halogens is 3. The lowest BCUT2D eigenvalue weighted by atomic mass is 9.83. The number of alkyl halides is 3. The second kappa shape index (κ2) is 27.4. The van der Waals surface area contributed by atoms with Crippen LogP contribution in [-0.4, -0.2) is 130 Å². The number of benzene rings is 3. The maximum atomic E-state index is 14.5. The zero-order valence-corrected chi connectivity index (χ0v) is 49.2. The van der Waals surface area contributed by atoms with E-state index in [4.69, 9.17) is 34.4 Å². The van der Waals surface area contributed by atoms with Crippen LogP contribution in [0.1, 0.15) is 116 Å². The van der Waals surface area contributed by atoms with Gasteiger partial charge in [-0.1, -0.05) is 49.6 Å². The van der Waals surface area contributed by atoms with Crippen LogP contribution >= 0.6 is 11.3 Å². The second-order valence-corrected chi connectivity index (χ2v) is 23.4. The van der Waals surface area contributed by atoms with E-state index in [0.29, 0.717) is 85.8 Å². The van der Waals surface area contributed by atoms with Crippen molar-refractivity contribution in [2.45, 2.75) is 122 Å². The van der Waals surface area contributed by atoms with Gasteiger partial charge in [-0.3, -0.25) is 28.8 Å². The first-order valence-corrected chi connectivity index (χ1v) is 29.6. The first-order chi connectivity index (χ1) is 40.7. The third kappa shape index (κ3) is 15.9. The van der Waals surface area contributed by atoms with Crippen LogP contribution in [0.5, 0.6) is 17.2 Å². The highest BCUT2D eigenvalue weighted by atomic mass is 32.1. The monoisotopic (exact) mass is 1190 g/mol. The summed E-state index contributed by atoms with van der Waals surface area (Å²) in [5, 5.41) is 9.89. The van der Waals surface area contributed by atoms with Crippen molar-refractivity contribution in [1.29, 1.82) is 0 Å². The molecule has 3 aromatic heterocycles. The number of carbonyl (C=O) groups excluding carboxylic acids is 5. The Bertz CT molecular complexity index is 3340. The molecule has 0 radical (unpaired) electrons. The maximum absolute atomic E-state index is 14.5. The molecule has 19 nitrogen and oxygen atoms in total. The molecule has 2 fully saturated rings. The van der Waals surface area contributed by atoms with Gasteiger partial charge in [-0.2, -0.15) is 18.3 Å². The van der Waals surface area contributed by atoms with Crippen molar-refractivity contribution >= 4 is 52.4 Å². The highest BCUT2D eigenvalue weighted by Crippen LogP contribution is 2.39. The van der Waals surface area contributed by atoms with E-state index in [0.717, 1.165) is 67.3 Å². The number of ketones is 1. The third-order valence-corrected chi connectivity index (χ3v) is 16.2. The largest absolute Gasteiger partial charge is 0.491 e. The number of rotatable bonds is 23. The average Bonchev–Trinajstić information content (AvgIpc) is 3.51. The van der Waals surface area contributed by atoms with Crippen molar-refractivity contribution in [1.82, 2.24) is 34.9 Å². The fraction of sp³-hybridized carbons (Fsp3) is 0.452. The molecule has 3 aromatic carbocycles. The lowest BCUT2D eigenvalue weighted by Gasteiger charge is -2.36. The van der Waals surface area contributed by atoms with Crippen LogP contribution in [0.2, 0.25) is 0 Å². The van der Waals surface area contributed by atoms with Crippen molar-refractivity contribution in [2.75, 3.05) is 63.8 Å². The highest BCUT2D eigenvalue weighted by Gasteiger charge is 2.41. The lowest BCUT2D eigenvalue weighted by molar-refractivity contribution is -0.140. The van der Waals surface area contributed by atoms with Gasteiger partial charge in [-0.05, 0) is 119 Å². The van der Waals surface area contributed by atoms with Crippen LogP contribution in [0.4, 0.5) is 29.5 Å². The Morgan fingerprint density at radius 3 is 2.39 bits per heavy atom. The fourth-order valence-corrected chi connectivity index (χ4v) is 11.6. The van der Waals surface area contributed by atoms with Crippen LogP contribution in [-0.2, 0) is 54.2 Å². The van der Waals surface area contributed by atoms with Crippen LogP contribution < -0.4 is 25.4 Å². The minimum absolute atomic E-state index is 0.0512. The van der Waals surface area contributed by atoms with Crippen LogP contribution in [0, 0.1) is 5.92 Å². The van der Waals surface area contributed by atoms with Crippen LogP contribution in [0.3, 0.4) is 0 Å². The summed E-state index contributed by atoms with van der Waals surface area (Å²) in [7, 11) is 1.51. The normalized spacial score (nSPS) is 16.2. The van der Waals surface area contributed by atoms with Crippen molar-refractivity contribution in [3.8, 4) is 28.4 Å². The first-order valence-electron chi connectivity index (χ1n) is 28.7. The molecule has 85 heavy (non-hydrogen) atoms. The topological polar surface area (TPSA) is 223 Å². The molecule has 23 heteroatoms. The number of nitrogens with one attached hydrogen (secondary N) is 1. The molecule has 0 spiro atoms. The Hall–Kier alpha value is -7.89. The van der Waals surface area contributed by atoms with Gasteiger partial charge in [0, 0.05) is 60.3 Å². The number of anilines is 2. The molecular formula is C62H72F3N9O10S. The molecule has 4 amide bonds. The quantitative estimate of drug-likeness (QED) is 0.0450. The van der Waals surface area contributed by atoms with Crippen LogP contribution in [0.15, 0.2) is 96.8 Å². The number of hydrogen-bond donors (Lipinski definition) is 2. The number of likely N-dealkylation sites (tertiary alicyclic amines) is 1. The lowest BCUT2D eigenvalue weighted by Crippen LogP contribution is -2.56. The molecule has 0 unspecified atom stereocenters.